The highest BCUT2D eigenvalue weighted by Crippen LogP contribution is 2.11. The van der Waals surface area contributed by atoms with Crippen LogP contribution in [0.4, 0.5) is 6.01 Å². The first-order valence-corrected chi connectivity index (χ1v) is 5.07. The Bertz CT molecular complexity index is 327. The molecule has 1 aromatic heterocycles. The Morgan fingerprint density at radius 2 is 2.47 bits per heavy atom. The second-order valence-corrected chi connectivity index (χ2v) is 3.36. The van der Waals surface area contributed by atoms with Gasteiger partial charge in [0.05, 0.1) is 12.2 Å². The molecule has 0 radical (unpaired) electrons. The van der Waals surface area contributed by atoms with E-state index in [2.05, 4.69) is 23.1 Å². The maximum absolute atomic E-state index is 5.29. The molecule has 4 nitrogen and oxygen atoms in total. The van der Waals surface area contributed by atoms with Gasteiger partial charge in [-0.25, -0.2) is 0 Å². The molecular formula is C11H17N3O. The Morgan fingerprint density at radius 3 is 3.13 bits per heavy atom. The lowest BCUT2D eigenvalue weighted by atomic mass is 10.4. The van der Waals surface area contributed by atoms with E-state index in [1.807, 2.05) is 7.05 Å². The summed E-state index contributed by atoms with van der Waals surface area (Å²) in [7, 11) is 1.86. The third-order valence-corrected chi connectivity index (χ3v) is 1.93. The number of terminal acetylenes is 1. The molecule has 82 valence electrons. The van der Waals surface area contributed by atoms with Crippen LogP contribution in [0.2, 0.25) is 0 Å². The van der Waals surface area contributed by atoms with Crippen LogP contribution in [0.25, 0.3) is 0 Å². The van der Waals surface area contributed by atoms with E-state index in [4.69, 9.17) is 10.8 Å². The first-order chi connectivity index (χ1) is 7.27. The van der Waals surface area contributed by atoms with Gasteiger partial charge in [-0.3, -0.25) is 0 Å². The molecule has 15 heavy (non-hydrogen) atoms. The molecule has 0 saturated carbocycles. The maximum Gasteiger partial charge on any atom is 0.297 e. The van der Waals surface area contributed by atoms with Crippen molar-refractivity contribution in [3.63, 3.8) is 0 Å². The first-order valence-electron chi connectivity index (χ1n) is 5.07. The van der Waals surface area contributed by atoms with Crippen molar-refractivity contribution in [2.75, 3.05) is 25.0 Å². The second-order valence-electron chi connectivity index (χ2n) is 3.36. The number of nitrogens with zero attached hydrogens (tertiary/aromatic N) is 2. The van der Waals surface area contributed by atoms with E-state index in [1.165, 1.54) is 0 Å². The molecule has 0 atom stereocenters. The van der Waals surface area contributed by atoms with Crippen molar-refractivity contribution in [3.8, 4) is 12.3 Å². The Kier molecular flexibility index (Phi) is 4.72. The molecule has 0 amide bonds. The summed E-state index contributed by atoms with van der Waals surface area (Å²) in [5.74, 6) is 2.54. The van der Waals surface area contributed by atoms with Gasteiger partial charge in [0.25, 0.3) is 6.01 Å². The van der Waals surface area contributed by atoms with Crippen molar-refractivity contribution in [3.05, 3.63) is 12.0 Å². The number of oxazole rings is 1. The molecule has 1 heterocycles. The number of hydrogen-bond donors (Lipinski definition) is 1. The Balaban J connectivity index is 2.45. The molecule has 0 fully saturated rings. The van der Waals surface area contributed by atoms with E-state index < -0.39 is 0 Å². The third kappa shape index (κ3) is 3.64. The fraction of sp³-hybridized carbons (Fsp3) is 0.545. The van der Waals surface area contributed by atoms with Crippen LogP contribution in [0.5, 0.6) is 0 Å². The zero-order valence-corrected chi connectivity index (χ0v) is 9.29. The van der Waals surface area contributed by atoms with E-state index >= 15 is 0 Å². The van der Waals surface area contributed by atoms with Gasteiger partial charge in [-0.15, -0.1) is 6.42 Å². The summed E-state index contributed by atoms with van der Waals surface area (Å²) in [6.07, 6.45) is 7.97. The van der Waals surface area contributed by atoms with Crippen LogP contribution in [-0.2, 0) is 6.54 Å². The van der Waals surface area contributed by atoms with Crippen molar-refractivity contribution in [2.45, 2.75) is 19.9 Å². The average molecular weight is 207 g/mol. The van der Waals surface area contributed by atoms with Gasteiger partial charge >= 0.3 is 0 Å². The van der Waals surface area contributed by atoms with Crippen molar-refractivity contribution in [1.29, 1.82) is 0 Å². The molecule has 0 saturated heterocycles. The van der Waals surface area contributed by atoms with Gasteiger partial charge < -0.3 is 14.6 Å². The molecule has 1 N–H and O–H groups in total. The van der Waals surface area contributed by atoms with Crippen LogP contribution in [0, 0.1) is 12.3 Å². The zero-order chi connectivity index (χ0) is 11.1. The SMILES string of the molecule is C#CCN(C)c1nc(CNCCC)co1. The van der Waals surface area contributed by atoms with Crippen LogP contribution in [0.15, 0.2) is 10.7 Å². The quantitative estimate of drug-likeness (QED) is 0.563. The number of aromatic nitrogens is 1. The number of nitrogens with one attached hydrogen (secondary N) is 1. The maximum atomic E-state index is 5.29. The molecule has 0 aliphatic carbocycles. The van der Waals surface area contributed by atoms with Crippen LogP contribution in [0.3, 0.4) is 0 Å². The summed E-state index contributed by atoms with van der Waals surface area (Å²) in [6, 6.07) is 0.571. The molecule has 0 aromatic carbocycles. The normalized spacial score (nSPS) is 9.93. The van der Waals surface area contributed by atoms with Crippen LogP contribution in [0.1, 0.15) is 19.0 Å². The minimum Gasteiger partial charge on any atom is -0.432 e. The van der Waals surface area contributed by atoms with Crippen molar-refractivity contribution >= 4 is 6.01 Å². The van der Waals surface area contributed by atoms with E-state index in [1.54, 1.807) is 11.2 Å². The van der Waals surface area contributed by atoms with Gasteiger partial charge in [0, 0.05) is 13.6 Å². The minimum absolute atomic E-state index is 0.502. The van der Waals surface area contributed by atoms with Crippen molar-refractivity contribution < 1.29 is 4.42 Å². The van der Waals surface area contributed by atoms with Crippen molar-refractivity contribution in [1.82, 2.24) is 10.3 Å². The van der Waals surface area contributed by atoms with Gasteiger partial charge in [0.2, 0.25) is 0 Å². The summed E-state index contributed by atoms with van der Waals surface area (Å²) < 4.78 is 5.29. The minimum atomic E-state index is 0.502. The number of rotatable bonds is 6. The molecular weight excluding hydrogens is 190 g/mol. The molecule has 0 bridgehead atoms. The molecule has 0 aliphatic rings. The topological polar surface area (TPSA) is 41.3 Å². The second kappa shape index (κ2) is 6.10. The molecule has 0 spiro atoms. The third-order valence-electron chi connectivity index (χ3n) is 1.93. The van der Waals surface area contributed by atoms with Gasteiger partial charge in [0.15, 0.2) is 0 Å². The molecule has 1 aromatic rings. The average Bonchev–Trinajstić information content (AvgIpc) is 2.67. The van der Waals surface area contributed by atoms with Crippen LogP contribution < -0.4 is 10.2 Å². The fourth-order valence-electron chi connectivity index (χ4n) is 1.15. The Hall–Kier alpha value is -1.47. The largest absolute Gasteiger partial charge is 0.432 e. The highest BCUT2D eigenvalue weighted by molar-refractivity contribution is 5.27. The summed E-state index contributed by atoms with van der Waals surface area (Å²) in [4.78, 5) is 6.10. The predicted molar refractivity (Wildman–Crippen MR) is 60.6 cm³/mol. The van der Waals surface area contributed by atoms with E-state index in [9.17, 15) is 0 Å². The summed E-state index contributed by atoms with van der Waals surface area (Å²) in [5.41, 5.74) is 0.905. The van der Waals surface area contributed by atoms with Gasteiger partial charge in [-0.1, -0.05) is 12.8 Å². The van der Waals surface area contributed by atoms with Gasteiger partial charge in [-0.05, 0) is 13.0 Å². The highest BCUT2D eigenvalue weighted by atomic mass is 16.4. The van der Waals surface area contributed by atoms with E-state index in [0.717, 1.165) is 25.2 Å². The van der Waals surface area contributed by atoms with Gasteiger partial charge in [0.1, 0.15) is 6.26 Å². The zero-order valence-electron chi connectivity index (χ0n) is 9.29. The summed E-state index contributed by atoms with van der Waals surface area (Å²) in [6.45, 7) is 4.36. The molecule has 0 unspecified atom stereocenters. The lowest BCUT2D eigenvalue weighted by molar-refractivity contribution is 0.549. The lowest BCUT2D eigenvalue weighted by Gasteiger charge is -2.08. The smallest absolute Gasteiger partial charge is 0.297 e. The summed E-state index contributed by atoms with van der Waals surface area (Å²) in [5, 5.41) is 3.25. The Morgan fingerprint density at radius 1 is 1.67 bits per heavy atom. The number of hydrogen-bond acceptors (Lipinski definition) is 4. The molecule has 4 heteroatoms. The number of anilines is 1. The first kappa shape index (κ1) is 11.6. The standard InChI is InChI=1S/C11H17N3O/c1-4-6-12-8-10-9-15-11(13-10)14(3)7-5-2/h2,9,12H,4,6-8H2,1,3H3. The Labute approximate surface area is 90.7 Å². The van der Waals surface area contributed by atoms with Crippen molar-refractivity contribution in [2.24, 2.45) is 0 Å². The van der Waals surface area contributed by atoms with Gasteiger partial charge in [-0.2, -0.15) is 4.98 Å². The van der Waals surface area contributed by atoms with E-state index in [-0.39, 0.29) is 0 Å². The fourth-order valence-corrected chi connectivity index (χ4v) is 1.15. The van der Waals surface area contributed by atoms with Crippen LogP contribution >= 0.6 is 0 Å². The summed E-state index contributed by atoms with van der Waals surface area (Å²) >= 11 is 0. The molecule has 1 rings (SSSR count). The monoisotopic (exact) mass is 207 g/mol. The molecule has 0 aliphatic heterocycles. The van der Waals surface area contributed by atoms with E-state index in [0.29, 0.717) is 12.6 Å². The predicted octanol–water partition coefficient (Wildman–Crippen LogP) is 1.24. The lowest BCUT2D eigenvalue weighted by Crippen LogP contribution is -2.18. The van der Waals surface area contributed by atoms with Crippen LogP contribution in [-0.4, -0.2) is 25.1 Å². The highest BCUT2D eigenvalue weighted by Gasteiger charge is 2.06.